The molecule has 2 aliphatic rings. The van der Waals surface area contributed by atoms with Crippen LogP contribution in [0.4, 0.5) is 10.6 Å². The van der Waals surface area contributed by atoms with Crippen molar-refractivity contribution in [3.8, 4) is 0 Å². The highest BCUT2D eigenvalue weighted by Gasteiger charge is 2.26. The van der Waals surface area contributed by atoms with Crippen molar-refractivity contribution in [1.29, 1.82) is 0 Å². The molecule has 2 saturated heterocycles. The smallest absolute Gasteiger partial charge is 0.317 e. The second-order valence-electron chi connectivity index (χ2n) is 6.55. The first-order valence-electron chi connectivity index (χ1n) is 8.89. The summed E-state index contributed by atoms with van der Waals surface area (Å²) in [5.41, 5.74) is 0.951. The van der Waals surface area contributed by atoms with E-state index in [9.17, 15) is 4.79 Å². The Bertz CT molecular complexity index is 742. The van der Waals surface area contributed by atoms with Gasteiger partial charge in [0.25, 0.3) is 0 Å². The molecule has 2 aliphatic heterocycles. The van der Waals surface area contributed by atoms with E-state index in [0.29, 0.717) is 26.3 Å². The van der Waals surface area contributed by atoms with Gasteiger partial charge < -0.3 is 19.9 Å². The highest BCUT2D eigenvalue weighted by molar-refractivity contribution is 5.89. The van der Waals surface area contributed by atoms with Crippen LogP contribution in [0.1, 0.15) is 12.8 Å². The lowest BCUT2D eigenvalue weighted by Crippen LogP contribution is -2.53. The molecule has 0 bridgehead atoms. The summed E-state index contributed by atoms with van der Waals surface area (Å²) in [6.45, 7) is 4.30. The third-order valence-electron chi connectivity index (χ3n) is 4.87. The first-order valence-corrected chi connectivity index (χ1v) is 8.89. The minimum Gasteiger partial charge on any atom is -0.378 e. The van der Waals surface area contributed by atoms with Gasteiger partial charge in [-0.3, -0.25) is 0 Å². The van der Waals surface area contributed by atoms with E-state index in [4.69, 9.17) is 4.74 Å². The van der Waals surface area contributed by atoms with Crippen molar-refractivity contribution < 1.29 is 9.53 Å². The molecule has 3 heterocycles. The second kappa shape index (κ2) is 7.23. The maximum Gasteiger partial charge on any atom is 0.317 e. The first-order chi connectivity index (χ1) is 12.3. The molecule has 132 valence electrons. The number of amides is 2. The monoisotopic (exact) mass is 341 g/mol. The van der Waals surface area contributed by atoms with E-state index in [2.05, 4.69) is 26.3 Å². The highest BCUT2D eigenvalue weighted by Crippen LogP contribution is 2.25. The zero-order valence-electron chi connectivity index (χ0n) is 14.2. The number of carbonyl (C=O) groups is 1. The SMILES string of the molecule is O=C(NC1CCCN(c2ncnc3ccccc23)C1)N1CCOCC1. The molecule has 1 aromatic heterocycles. The Morgan fingerprint density at radius 3 is 2.88 bits per heavy atom. The molecule has 1 atom stereocenters. The van der Waals surface area contributed by atoms with Crippen LogP contribution in [0.15, 0.2) is 30.6 Å². The number of rotatable bonds is 2. The van der Waals surface area contributed by atoms with Crippen molar-refractivity contribution in [3.63, 3.8) is 0 Å². The van der Waals surface area contributed by atoms with Crippen LogP contribution >= 0.6 is 0 Å². The van der Waals surface area contributed by atoms with E-state index in [1.54, 1.807) is 6.33 Å². The molecule has 2 amide bonds. The molecular weight excluding hydrogens is 318 g/mol. The Labute approximate surface area is 147 Å². The zero-order valence-corrected chi connectivity index (χ0v) is 14.2. The standard InChI is InChI=1S/C18H23N5O2/c24-18(22-8-10-25-11-9-22)21-14-4-3-7-23(12-14)17-15-5-1-2-6-16(15)19-13-20-17/h1-2,5-6,13-14H,3-4,7-12H2,(H,21,24). The van der Waals surface area contributed by atoms with Crippen LogP contribution in [0, 0.1) is 0 Å². The summed E-state index contributed by atoms with van der Waals surface area (Å²) in [6, 6.07) is 8.21. The molecule has 1 aromatic carbocycles. The van der Waals surface area contributed by atoms with E-state index in [-0.39, 0.29) is 12.1 Å². The van der Waals surface area contributed by atoms with Gasteiger partial charge in [-0.05, 0) is 25.0 Å². The number of hydrogen-bond acceptors (Lipinski definition) is 5. The molecule has 25 heavy (non-hydrogen) atoms. The number of para-hydroxylation sites is 1. The van der Waals surface area contributed by atoms with Crippen LogP contribution in [0.3, 0.4) is 0 Å². The Kier molecular flexibility index (Phi) is 4.65. The lowest BCUT2D eigenvalue weighted by molar-refractivity contribution is 0.0523. The summed E-state index contributed by atoms with van der Waals surface area (Å²) in [6.07, 6.45) is 3.65. The van der Waals surface area contributed by atoms with Crippen LogP contribution in [-0.4, -0.2) is 66.3 Å². The number of aromatic nitrogens is 2. The lowest BCUT2D eigenvalue weighted by Gasteiger charge is -2.36. The number of hydrogen-bond donors (Lipinski definition) is 1. The fourth-order valence-electron chi connectivity index (χ4n) is 3.56. The number of carbonyl (C=O) groups excluding carboxylic acids is 1. The number of anilines is 1. The van der Waals surface area contributed by atoms with Gasteiger partial charge in [-0.25, -0.2) is 14.8 Å². The van der Waals surface area contributed by atoms with Crippen LogP contribution in [0.25, 0.3) is 10.9 Å². The summed E-state index contributed by atoms with van der Waals surface area (Å²) < 4.78 is 5.31. The molecule has 0 spiro atoms. The third kappa shape index (κ3) is 3.51. The number of fused-ring (bicyclic) bond motifs is 1. The fraction of sp³-hybridized carbons (Fsp3) is 0.500. The van der Waals surface area contributed by atoms with E-state index < -0.39 is 0 Å². The van der Waals surface area contributed by atoms with Gasteiger partial charge in [-0.1, -0.05) is 12.1 Å². The molecular formula is C18H23N5O2. The molecule has 2 aromatic rings. The molecule has 2 fully saturated rings. The van der Waals surface area contributed by atoms with Crippen LogP contribution in [0.2, 0.25) is 0 Å². The Hall–Kier alpha value is -2.41. The Morgan fingerprint density at radius 2 is 2.00 bits per heavy atom. The molecule has 7 heteroatoms. The van der Waals surface area contributed by atoms with Crippen molar-refractivity contribution in [2.75, 3.05) is 44.3 Å². The summed E-state index contributed by atoms with van der Waals surface area (Å²) in [5, 5.41) is 4.24. The summed E-state index contributed by atoms with van der Waals surface area (Å²) in [4.78, 5) is 25.4. The molecule has 1 unspecified atom stereocenters. The minimum absolute atomic E-state index is 0.0164. The van der Waals surface area contributed by atoms with Gasteiger partial charge in [0.15, 0.2) is 0 Å². The molecule has 7 nitrogen and oxygen atoms in total. The van der Waals surface area contributed by atoms with Gasteiger partial charge in [-0.2, -0.15) is 0 Å². The molecule has 0 saturated carbocycles. The van der Waals surface area contributed by atoms with Gasteiger partial charge in [-0.15, -0.1) is 0 Å². The minimum atomic E-state index is 0.0164. The fourth-order valence-corrected chi connectivity index (χ4v) is 3.56. The van der Waals surface area contributed by atoms with E-state index >= 15 is 0 Å². The van der Waals surface area contributed by atoms with Gasteiger partial charge in [0.2, 0.25) is 0 Å². The lowest BCUT2D eigenvalue weighted by atomic mass is 10.1. The maximum absolute atomic E-state index is 12.4. The van der Waals surface area contributed by atoms with Crippen molar-refractivity contribution >= 4 is 22.8 Å². The third-order valence-corrected chi connectivity index (χ3v) is 4.87. The second-order valence-corrected chi connectivity index (χ2v) is 6.55. The summed E-state index contributed by atoms with van der Waals surface area (Å²) >= 11 is 0. The van der Waals surface area contributed by atoms with E-state index in [0.717, 1.165) is 42.7 Å². The van der Waals surface area contributed by atoms with E-state index in [1.807, 2.05) is 23.1 Å². The molecule has 0 radical (unpaired) electrons. The number of nitrogens with zero attached hydrogens (tertiary/aromatic N) is 4. The number of nitrogens with one attached hydrogen (secondary N) is 1. The Balaban J connectivity index is 1.46. The van der Waals surface area contributed by atoms with Crippen LogP contribution in [0.5, 0.6) is 0 Å². The number of benzene rings is 1. The normalized spacial score (nSPS) is 21.4. The van der Waals surface area contributed by atoms with Crippen molar-refractivity contribution in [2.45, 2.75) is 18.9 Å². The topological polar surface area (TPSA) is 70.6 Å². The summed E-state index contributed by atoms with van der Waals surface area (Å²) in [7, 11) is 0. The number of ether oxygens (including phenoxy) is 1. The van der Waals surface area contributed by atoms with Crippen molar-refractivity contribution in [1.82, 2.24) is 20.2 Å². The van der Waals surface area contributed by atoms with Gasteiger partial charge in [0.05, 0.1) is 18.7 Å². The first kappa shape index (κ1) is 16.1. The number of piperidine rings is 1. The van der Waals surface area contributed by atoms with Crippen molar-refractivity contribution in [2.24, 2.45) is 0 Å². The number of urea groups is 1. The number of morpholine rings is 1. The van der Waals surface area contributed by atoms with Gasteiger partial charge in [0, 0.05) is 37.6 Å². The van der Waals surface area contributed by atoms with Gasteiger partial charge in [0.1, 0.15) is 12.1 Å². The average molecular weight is 341 g/mol. The predicted molar refractivity (Wildman–Crippen MR) is 95.7 cm³/mol. The zero-order chi connectivity index (χ0) is 17.1. The van der Waals surface area contributed by atoms with Gasteiger partial charge >= 0.3 is 6.03 Å². The molecule has 4 rings (SSSR count). The Morgan fingerprint density at radius 1 is 1.16 bits per heavy atom. The molecule has 0 aliphatic carbocycles. The van der Waals surface area contributed by atoms with Crippen molar-refractivity contribution in [3.05, 3.63) is 30.6 Å². The van der Waals surface area contributed by atoms with Crippen LogP contribution in [-0.2, 0) is 4.74 Å². The van der Waals surface area contributed by atoms with Crippen LogP contribution < -0.4 is 10.2 Å². The summed E-state index contributed by atoms with van der Waals surface area (Å²) in [5.74, 6) is 0.955. The van der Waals surface area contributed by atoms with E-state index in [1.165, 1.54) is 0 Å². The quantitative estimate of drug-likeness (QED) is 0.899. The highest BCUT2D eigenvalue weighted by atomic mass is 16.5. The predicted octanol–water partition coefficient (Wildman–Crippen LogP) is 1.64. The average Bonchev–Trinajstić information content (AvgIpc) is 2.68. The maximum atomic E-state index is 12.4. The largest absolute Gasteiger partial charge is 0.378 e. The molecule has 1 N–H and O–H groups in total.